The lowest BCUT2D eigenvalue weighted by atomic mass is 9.93. The van der Waals surface area contributed by atoms with Gasteiger partial charge in [0.2, 0.25) is 0 Å². The summed E-state index contributed by atoms with van der Waals surface area (Å²) in [6, 6.07) is 15.1. The molecule has 4 heteroatoms. The van der Waals surface area contributed by atoms with Crippen molar-refractivity contribution >= 4 is 5.97 Å². The predicted octanol–water partition coefficient (Wildman–Crippen LogP) is 4.03. The van der Waals surface area contributed by atoms with Crippen LogP contribution in [0.5, 0.6) is 11.5 Å². The fraction of sp³-hybridized carbons (Fsp3) is 0.316. The highest BCUT2D eigenvalue weighted by atomic mass is 16.5. The van der Waals surface area contributed by atoms with Crippen LogP contribution in [0.3, 0.4) is 0 Å². The van der Waals surface area contributed by atoms with Gasteiger partial charge in [-0.15, -0.1) is 0 Å². The second-order valence-corrected chi connectivity index (χ2v) is 5.44. The lowest BCUT2D eigenvalue weighted by Crippen LogP contribution is -2.14. The summed E-state index contributed by atoms with van der Waals surface area (Å²) in [5.74, 6) is -0.0169. The third-order valence-corrected chi connectivity index (χ3v) is 3.74. The molecule has 1 N–H and O–H groups in total. The summed E-state index contributed by atoms with van der Waals surface area (Å²) in [6.07, 6.45) is 1.16. The van der Waals surface area contributed by atoms with Crippen LogP contribution >= 0.6 is 0 Å². The lowest BCUT2D eigenvalue weighted by molar-refractivity contribution is -0.139. The van der Waals surface area contributed by atoms with Crippen LogP contribution in [0.2, 0.25) is 0 Å². The molecule has 23 heavy (non-hydrogen) atoms. The highest BCUT2D eigenvalue weighted by Gasteiger charge is 2.22. The van der Waals surface area contributed by atoms with Gasteiger partial charge < -0.3 is 14.6 Å². The summed E-state index contributed by atoms with van der Waals surface area (Å²) in [5.41, 5.74) is 1.89. The minimum absolute atomic E-state index is 0.488. The number of carboxylic acids is 1. The van der Waals surface area contributed by atoms with Gasteiger partial charge >= 0.3 is 5.97 Å². The molecule has 122 valence electrons. The minimum atomic E-state index is -0.843. The van der Waals surface area contributed by atoms with Crippen LogP contribution in [0.15, 0.2) is 48.5 Å². The molecule has 0 aliphatic carbocycles. The summed E-state index contributed by atoms with van der Waals surface area (Å²) in [7, 11) is 1.55. The molecule has 2 rings (SSSR count). The molecule has 1 atom stereocenters. The van der Waals surface area contributed by atoms with Crippen LogP contribution in [0.4, 0.5) is 0 Å². The molecule has 0 aliphatic heterocycles. The van der Waals surface area contributed by atoms with Crippen molar-refractivity contribution in [2.45, 2.75) is 25.7 Å². The number of carboxylic acid groups (broad SMARTS) is 1. The normalized spacial score (nSPS) is 11.7. The Morgan fingerprint density at radius 2 is 1.83 bits per heavy atom. The SMILES string of the molecule is COc1ccccc1C(CCCOc1ccc(C)cc1)C(=O)O. The van der Waals surface area contributed by atoms with Crippen molar-refractivity contribution in [3.05, 3.63) is 59.7 Å². The largest absolute Gasteiger partial charge is 0.496 e. The van der Waals surface area contributed by atoms with Crippen LogP contribution in [-0.4, -0.2) is 24.8 Å². The number of rotatable bonds is 8. The number of hydrogen-bond donors (Lipinski definition) is 1. The Kier molecular flexibility index (Phi) is 6.03. The lowest BCUT2D eigenvalue weighted by Gasteiger charge is -2.16. The fourth-order valence-electron chi connectivity index (χ4n) is 2.48. The third kappa shape index (κ3) is 4.74. The zero-order chi connectivity index (χ0) is 16.7. The molecule has 0 saturated heterocycles. The molecule has 4 nitrogen and oxygen atoms in total. The van der Waals surface area contributed by atoms with Gasteiger partial charge in [0.25, 0.3) is 0 Å². The second kappa shape index (κ2) is 8.22. The van der Waals surface area contributed by atoms with E-state index in [1.165, 1.54) is 5.56 Å². The van der Waals surface area contributed by atoms with E-state index in [4.69, 9.17) is 9.47 Å². The van der Waals surface area contributed by atoms with Crippen LogP contribution in [-0.2, 0) is 4.79 Å². The van der Waals surface area contributed by atoms with E-state index in [1.807, 2.05) is 43.3 Å². The van der Waals surface area contributed by atoms with E-state index in [1.54, 1.807) is 19.2 Å². The van der Waals surface area contributed by atoms with Gasteiger partial charge in [-0.1, -0.05) is 35.9 Å². The third-order valence-electron chi connectivity index (χ3n) is 3.74. The highest BCUT2D eigenvalue weighted by Crippen LogP contribution is 2.30. The van der Waals surface area contributed by atoms with Gasteiger partial charge in [0.1, 0.15) is 11.5 Å². The average Bonchev–Trinajstić information content (AvgIpc) is 2.56. The maximum atomic E-state index is 11.6. The summed E-state index contributed by atoms with van der Waals surface area (Å²) in [6.45, 7) is 2.51. The molecular formula is C19H22O4. The zero-order valence-electron chi connectivity index (χ0n) is 13.5. The molecule has 0 radical (unpaired) electrons. The number of aryl methyl sites for hydroxylation is 1. The van der Waals surface area contributed by atoms with E-state index in [-0.39, 0.29) is 0 Å². The van der Waals surface area contributed by atoms with E-state index in [0.717, 1.165) is 5.75 Å². The number of benzene rings is 2. The standard InChI is InChI=1S/C19H22O4/c1-14-9-11-15(12-10-14)23-13-5-7-17(19(20)21)16-6-3-4-8-18(16)22-2/h3-4,6,8-12,17H,5,7,13H2,1-2H3,(H,20,21). The van der Waals surface area contributed by atoms with Crippen molar-refractivity contribution in [3.8, 4) is 11.5 Å². The van der Waals surface area contributed by atoms with E-state index >= 15 is 0 Å². The van der Waals surface area contributed by atoms with E-state index < -0.39 is 11.9 Å². The van der Waals surface area contributed by atoms with Gasteiger partial charge in [-0.25, -0.2) is 0 Å². The molecule has 0 heterocycles. The molecule has 0 fully saturated rings. The van der Waals surface area contributed by atoms with Gasteiger partial charge in [0, 0.05) is 5.56 Å². The first kappa shape index (κ1) is 16.9. The first-order valence-electron chi connectivity index (χ1n) is 7.67. The molecular weight excluding hydrogens is 292 g/mol. The number of methoxy groups -OCH3 is 1. The molecule has 0 spiro atoms. The van der Waals surface area contributed by atoms with Crippen LogP contribution in [0, 0.1) is 6.92 Å². The summed E-state index contributed by atoms with van der Waals surface area (Å²) < 4.78 is 10.9. The number of ether oxygens (including phenoxy) is 2. The van der Waals surface area contributed by atoms with E-state index in [0.29, 0.717) is 30.8 Å². The van der Waals surface area contributed by atoms with Crippen molar-refractivity contribution in [1.82, 2.24) is 0 Å². The quantitative estimate of drug-likeness (QED) is 0.747. The first-order chi connectivity index (χ1) is 11.1. The van der Waals surface area contributed by atoms with Crippen molar-refractivity contribution < 1.29 is 19.4 Å². The maximum Gasteiger partial charge on any atom is 0.311 e. The molecule has 2 aromatic carbocycles. The Morgan fingerprint density at radius 3 is 2.48 bits per heavy atom. The molecule has 0 bridgehead atoms. The van der Waals surface area contributed by atoms with Gasteiger partial charge in [0.05, 0.1) is 19.6 Å². The molecule has 1 unspecified atom stereocenters. The Labute approximate surface area is 136 Å². The molecule has 0 aliphatic rings. The van der Waals surface area contributed by atoms with Crippen LogP contribution in [0.1, 0.15) is 29.9 Å². The molecule has 0 aromatic heterocycles. The van der Waals surface area contributed by atoms with Crippen molar-refractivity contribution in [2.75, 3.05) is 13.7 Å². The van der Waals surface area contributed by atoms with Crippen molar-refractivity contribution in [1.29, 1.82) is 0 Å². The smallest absolute Gasteiger partial charge is 0.311 e. The highest BCUT2D eigenvalue weighted by molar-refractivity contribution is 5.77. The monoisotopic (exact) mass is 314 g/mol. The van der Waals surface area contributed by atoms with Crippen LogP contribution < -0.4 is 9.47 Å². The summed E-state index contributed by atoms with van der Waals surface area (Å²) >= 11 is 0. The number of hydrogen-bond acceptors (Lipinski definition) is 3. The number of para-hydroxylation sites is 1. The first-order valence-corrected chi connectivity index (χ1v) is 7.67. The van der Waals surface area contributed by atoms with E-state index in [9.17, 15) is 9.90 Å². The second-order valence-electron chi connectivity index (χ2n) is 5.44. The number of carbonyl (C=O) groups is 1. The van der Waals surface area contributed by atoms with Gasteiger partial charge in [0.15, 0.2) is 0 Å². The Morgan fingerprint density at radius 1 is 1.13 bits per heavy atom. The zero-order valence-corrected chi connectivity index (χ0v) is 13.5. The average molecular weight is 314 g/mol. The molecule has 0 amide bonds. The summed E-state index contributed by atoms with van der Waals surface area (Å²) in [5, 5.41) is 9.50. The topological polar surface area (TPSA) is 55.8 Å². The van der Waals surface area contributed by atoms with E-state index in [2.05, 4.69) is 0 Å². The Hall–Kier alpha value is -2.49. The Balaban J connectivity index is 1.93. The minimum Gasteiger partial charge on any atom is -0.496 e. The van der Waals surface area contributed by atoms with Gasteiger partial charge in [-0.2, -0.15) is 0 Å². The van der Waals surface area contributed by atoms with Crippen molar-refractivity contribution in [2.24, 2.45) is 0 Å². The number of aliphatic carboxylic acids is 1. The van der Waals surface area contributed by atoms with Gasteiger partial charge in [-0.05, 0) is 38.0 Å². The predicted molar refractivity (Wildman–Crippen MR) is 89.3 cm³/mol. The summed E-state index contributed by atoms with van der Waals surface area (Å²) in [4.78, 5) is 11.6. The molecule has 0 saturated carbocycles. The Bertz CT molecular complexity index is 634. The van der Waals surface area contributed by atoms with Gasteiger partial charge in [-0.3, -0.25) is 4.79 Å². The maximum absolute atomic E-state index is 11.6. The fourth-order valence-corrected chi connectivity index (χ4v) is 2.48. The molecule has 2 aromatic rings. The van der Waals surface area contributed by atoms with Crippen LogP contribution in [0.25, 0.3) is 0 Å². The van der Waals surface area contributed by atoms with Crippen molar-refractivity contribution in [3.63, 3.8) is 0 Å².